The van der Waals surface area contributed by atoms with Gasteiger partial charge in [-0.25, -0.2) is 0 Å². The summed E-state index contributed by atoms with van der Waals surface area (Å²) in [5, 5.41) is 0. The number of nitrogens with zero attached hydrogens (tertiary/aromatic N) is 2. The molecule has 3 N–H and O–H groups in total. The van der Waals surface area contributed by atoms with Crippen molar-refractivity contribution in [2.24, 2.45) is 11.8 Å². The van der Waals surface area contributed by atoms with Crippen LogP contribution >= 0.6 is 0 Å². The summed E-state index contributed by atoms with van der Waals surface area (Å²) < 4.78 is 0. The summed E-state index contributed by atoms with van der Waals surface area (Å²) in [4.78, 5) is 29.0. The van der Waals surface area contributed by atoms with Crippen molar-refractivity contribution >= 4 is 17.5 Å². The number of nitrogens with one attached hydrogen (secondary N) is 1. The van der Waals surface area contributed by atoms with Gasteiger partial charge in [-0.1, -0.05) is 6.92 Å². The summed E-state index contributed by atoms with van der Waals surface area (Å²) in [6.07, 6.45) is 2.42. The van der Waals surface area contributed by atoms with Crippen molar-refractivity contribution in [3.63, 3.8) is 0 Å². The van der Waals surface area contributed by atoms with Gasteiger partial charge in [0.2, 0.25) is 11.8 Å². The Morgan fingerprint density at radius 2 is 2.11 bits per heavy atom. The Bertz CT molecular complexity index is 457. The van der Waals surface area contributed by atoms with E-state index in [-0.39, 0.29) is 24.3 Å². The lowest BCUT2D eigenvalue weighted by atomic mass is 9.97. The van der Waals surface area contributed by atoms with Crippen LogP contribution in [0.3, 0.4) is 0 Å². The summed E-state index contributed by atoms with van der Waals surface area (Å²) in [5.41, 5.74) is 3.85. The number of aromatic nitrogens is 1. The molecule has 6 heteroatoms. The van der Waals surface area contributed by atoms with Crippen LogP contribution in [0.5, 0.6) is 0 Å². The van der Waals surface area contributed by atoms with Gasteiger partial charge in [-0.05, 0) is 18.1 Å². The zero-order valence-electron chi connectivity index (χ0n) is 10.2. The number of hydrogen-bond acceptors (Lipinski definition) is 5. The van der Waals surface area contributed by atoms with Crippen molar-refractivity contribution in [3.05, 3.63) is 24.0 Å². The van der Waals surface area contributed by atoms with Gasteiger partial charge < -0.3 is 5.43 Å². The van der Waals surface area contributed by atoms with Gasteiger partial charge in [0.1, 0.15) is 0 Å². The van der Waals surface area contributed by atoms with Gasteiger partial charge in [0.25, 0.3) is 0 Å². The molecule has 1 aromatic rings. The van der Waals surface area contributed by atoms with Crippen LogP contribution in [-0.4, -0.2) is 21.7 Å². The van der Waals surface area contributed by atoms with Gasteiger partial charge in [0.05, 0.1) is 17.9 Å². The minimum Gasteiger partial charge on any atom is -0.324 e. The highest BCUT2D eigenvalue weighted by atomic mass is 16.2. The Morgan fingerprint density at radius 1 is 1.44 bits per heavy atom. The van der Waals surface area contributed by atoms with Crippen LogP contribution in [0.1, 0.15) is 25.5 Å². The summed E-state index contributed by atoms with van der Waals surface area (Å²) in [6, 6.07) is 3.43. The van der Waals surface area contributed by atoms with Crippen molar-refractivity contribution in [2.75, 3.05) is 5.43 Å². The average Bonchev–Trinajstić information content (AvgIpc) is 2.34. The van der Waals surface area contributed by atoms with Gasteiger partial charge in [0.15, 0.2) is 0 Å². The number of piperidine rings is 1. The van der Waals surface area contributed by atoms with Gasteiger partial charge in [-0.2, -0.15) is 0 Å². The van der Waals surface area contributed by atoms with Gasteiger partial charge >= 0.3 is 0 Å². The second-order valence-electron chi connectivity index (χ2n) is 4.57. The SMILES string of the molecule is CC1CC(=O)N(Cc2cc(NN)ccn2)C(=O)C1. The minimum atomic E-state index is -0.133. The molecule has 0 radical (unpaired) electrons. The molecule has 2 rings (SSSR count). The normalized spacial score (nSPS) is 17.1. The number of carbonyl (C=O) groups is 2. The standard InChI is InChI=1S/C12H16N4O2/c1-8-4-11(17)16(12(18)5-8)7-10-6-9(15-13)2-3-14-10/h2-3,6,8H,4-5,7,13H2,1H3,(H,14,15). The molecule has 0 saturated carbocycles. The van der Waals surface area contributed by atoms with E-state index >= 15 is 0 Å². The number of imide groups is 1. The lowest BCUT2D eigenvalue weighted by Crippen LogP contribution is -2.42. The molecule has 2 amide bonds. The van der Waals surface area contributed by atoms with Crippen molar-refractivity contribution in [1.29, 1.82) is 0 Å². The number of hydrazine groups is 1. The largest absolute Gasteiger partial charge is 0.324 e. The van der Waals surface area contributed by atoms with E-state index in [0.29, 0.717) is 24.2 Å². The van der Waals surface area contributed by atoms with E-state index in [4.69, 9.17) is 5.84 Å². The first-order valence-electron chi connectivity index (χ1n) is 5.85. The number of rotatable bonds is 3. The van der Waals surface area contributed by atoms with E-state index in [2.05, 4.69) is 10.4 Å². The number of pyridine rings is 1. The second kappa shape index (κ2) is 5.14. The Hall–Kier alpha value is -1.95. The summed E-state index contributed by atoms with van der Waals surface area (Å²) in [5.74, 6) is 5.16. The molecule has 96 valence electrons. The fourth-order valence-corrected chi connectivity index (χ4v) is 2.02. The number of anilines is 1. The first-order valence-corrected chi connectivity index (χ1v) is 5.85. The molecule has 1 aromatic heterocycles. The van der Waals surface area contributed by atoms with Crippen LogP contribution in [0.4, 0.5) is 5.69 Å². The quantitative estimate of drug-likeness (QED) is 0.466. The molecule has 0 spiro atoms. The van der Waals surface area contributed by atoms with E-state index < -0.39 is 0 Å². The predicted octanol–water partition coefficient (Wildman–Crippen LogP) is 0.652. The molecule has 0 aromatic carbocycles. The fourth-order valence-electron chi connectivity index (χ4n) is 2.02. The number of carbonyl (C=O) groups excluding carboxylic acids is 2. The Labute approximate surface area is 105 Å². The molecule has 1 aliphatic rings. The van der Waals surface area contributed by atoms with Gasteiger partial charge in [-0.15, -0.1) is 0 Å². The molecule has 0 aliphatic carbocycles. The third-order valence-electron chi connectivity index (χ3n) is 2.95. The number of amides is 2. The number of nitrogens with two attached hydrogens (primary N) is 1. The Morgan fingerprint density at radius 3 is 2.72 bits per heavy atom. The third kappa shape index (κ3) is 2.65. The first kappa shape index (κ1) is 12.5. The molecule has 0 bridgehead atoms. The smallest absolute Gasteiger partial charge is 0.229 e. The van der Waals surface area contributed by atoms with Crippen LogP contribution in [0.2, 0.25) is 0 Å². The van der Waals surface area contributed by atoms with Gasteiger partial charge in [0, 0.05) is 19.0 Å². The molecule has 2 heterocycles. The Kier molecular flexibility index (Phi) is 3.57. The van der Waals surface area contributed by atoms with Crippen molar-refractivity contribution in [3.8, 4) is 0 Å². The number of nitrogen functional groups attached to an aromatic ring is 1. The predicted molar refractivity (Wildman–Crippen MR) is 66.0 cm³/mol. The third-order valence-corrected chi connectivity index (χ3v) is 2.95. The lowest BCUT2D eigenvalue weighted by Gasteiger charge is -2.28. The molecule has 18 heavy (non-hydrogen) atoms. The maximum Gasteiger partial charge on any atom is 0.229 e. The van der Waals surface area contributed by atoms with E-state index in [0.717, 1.165) is 0 Å². The molecular weight excluding hydrogens is 232 g/mol. The minimum absolute atomic E-state index is 0.131. The molecule has 0 atom stereocenters. The van der Waals surface area contributed by atoms with E-state index in [1.807, 2.05) is 6.92 Å². The van der Waals surface area contributed by atoms with E-state index in [1.165, 1.54) is 4.90 Å². The van der Waals surface area contributed by atoms with Crippen LogP contribution in [-0.2, 0) is 16.1 Å². The van der Waals surface area contributed by atoms with E-state index in [9.17, 15) is 9.59 Å². The summed E-state index contributed by atoms with van der Waals surface area (Å²) in [6.45, 7) is 2.12. The molecular formula is C12H16N4O2. The first-order chi connectivity index (χ1) is 8.60. The topological polar surface area (TPSA) is 88.3 Å². The van der Waals surface area contributed by atoms with Crippen LogP contribution in [0.25, 0.3) is 0 Å². The molecule has 1 saturated heterocycles. The van der Waals surface area contributed by atoms with Crippen molar-refractivity contribution in [1.82, 2.24) is 9.88 Å². The van der Waals surface area contributed by atoms with Crippen molar-refractivity contribution < 1.29 is 9.59 Å². The summed E-state index contributed by atoms with van der Waals surface area (Å²) in [7, 11) is 0. The lowest BCUT2D eigenvalue weighted by molar-refractivity contribution is -0.150. The van der Waals surface area contributed by atoms with Crippen LogP contribution < -0.4 is 11.3 Å². The number of likely N-dealkylation sites (tertiary alicyclic amines) is 1. The number of hydrogen-bond donors (Lipinski definition) is 2. The fraction of sp³-hybridized carbons (Fsp3) is 0.417. The highest BCUT2D eigenvalue weighted by molar-refractivity contribution is 5.97. The zero-order valence-corrected chi connectivity index (χ0v) is 10.2. The summed E-state index contributed by atoms with van der Waals surface area (Å²) >= 11 is 0. The van der Waals surface area contributed by atoms with Crippen molar-refractivity contribution in [2.45, 2.75) is 26.3 Å². The molecule has 1 aliphatic heterocycles. The molecule has 0 unspecified atom stereocenters. The van der Waals surface area contributed by atoms with E-state index in [1.54, 1.807) is 18.3 Å². The van der Waals surface area contributed by atoms with Crippen LogP contribution in [0.15, 0.2) is 18.3 Å². The highest BCUT2D eigenvalue weighted by Crippen LogP contribution is 2.20. The monoisotopic (exact) mass is 248 g/mol. The maximum atomic E-state index is 11.8. The van der Waals surface area contributed by atoms with Crippen LogP contribution in [0, 0.1) is 5.92 Å². The maximum absolute atomic E-state index is 11.8. The molecule has 1 fully saturated rings. The van der Waals surface area contributed by atoms with Gasteiger partial charge in [-0.3, -0.25) is 25.3 Å². The highest BCUT2D eigenvalue weighted by Gasteiger charge is 2.30. The zero-order chi connectivity index (χ0) is 13.1. The molecule has 6 nitrogen and oxygen atoms in total. The second-order valence-corrected chi connectivity index (χ2v) is 4.57. The average molecular weight is 248 g/mol. The Balaban J connectivity index is 2.12.